The van der Waals surface area contributed by atoms with E-state index in [0.29, 0.717) is 30.8 Å². The van der Waals surface area contributed by atoms with Crippen molar-refractivity contribution < 1.29 is 14.3 Å². The summed E-state index contributed by atoms with van der Waals surface area (Å²) in [5.74, 6) is 1.79. The van der Waals surface area contributed by atoms with Crippen molar-refractivity contribution in [1.82, 2.24) is 4.90 Å². The van der Waals surface area contributed by atoms with Crippen LogP contribution in [0, 0.1) is 23.2 Å². The van der Waals surface area contributed by atoms with Gasteiger partial charge in [0.15, 0.2) is 0 Å². The Labute approximate surface area is 113 Å². The van der Waals surface area contributed by atoms with Crippen LogP contribution in [0.1, 0.15) is 32.1 Å². The van der Waals surface area contributed by atoms with Crippen molar-refractivity contribution in [3.8, 4) is 0 Å². The van der Waals surface area contributed by atoms with Gasteiger partial charge >= 0.3 is 0 Å². The third-order valence-electron chi connectivity index (χ3n) is 5.75. The highest BCUT2D eigenvalue weighted by Gasteiger charge is 2.58. The number of ketones is 1. The number of hydrogen-bond acceptors (Lipinski definition) is 3. The molecule has 1 amide bonds. The fourth-order valence-corrected chi connectivity index (χ4v) is 5.11. The molecule has 2 unspecified atom stereocenters. The maximum Gasteiger partial charge on any atom is 0.229 e. The third-order valence-corrected chi connectivity index (χ3v) is 5.75. The zero-order chi connectivity index (χ0) is 13.0. The number of morpholine rings is 1. The molecule has 4 saturated carbocycles. The van der Waals surface area contributed by atoms with Gasteiger partial charge < -0.3 is 9.64 Å². The lowest BCUT2D eigenvalue weighted by atomic mass is 9.48. The Morgan fingerprint density at radius 1 is 1.11 bits per heavy atom. The minimum absolute atomic E-state index is 0.191. The van der Waals surface area contributed by atoms with Crippen molar-refractivity contribution in [2.75, 3.05) is 26.3 Å². The van der Waals surface area contributed by atoms with E-state index in [4.69, 9.17) is 4.74 Å². The SMILES string of the molecule is O=C1C2CC3CC1CC(C(=O)N1CCOCC1)(C3)C2. The second-order valence-electron chi connectivity index (χ2n) is 6.93. The van der Waals surface area contributed by atoms with E-state index >= 15 is 0 Å². The van der Waals surface area contributed by atoms with Gasteiger partial charge in [0.05, 0.1) is 18.6 Å². The van der Waals surface area contributed by atoms with Crippen LogP contribution < -0.4 is 0 Å². The van der Waals surface area contributed by atoms with E-state index in [-0.39, 0.29) is 17.3 Å². The van der Waals surface area contributed by atoms with Crippen LogP contribution in [0.15, 0.2) is 0 Å². The molecule has 0 spiro atoms. The molecule has 1 saturated heterocycles. The van der Waals surface area contributed by atoms with Gasteiger partial charge in [-0.3, -0.25) is 9.59 Å². The maximum absolute atomic E-state index is 12.9. The molecule has 4 heteroatoms. The molecule has 1 heterocycles. The lowest BCUT2D eigenvalue weighted by Crippen LogP contribution is -2.59. The van der Waals surface area contributed by atoms with E-state index in [0.717, 1.165) is 45.2 Å². The first kappa shape index (κ1) is 11.9. The fraction of sp³-hybridized carbons (Fsp3) is 0.867. The molecule has 0 aromatic heterocycles. The van der Waals surface area contributed by atoms with Crippen molar-refractivity contribution in [1.29, 1.82) is 0 Å². The van der Waals surface area contributed by atoms with E-state index in [2.05, 4.69) is 0 Å². The van der Waals surface area contributed by atoms with Crippen LogP contribution in [0.3, 0.4) is 0 Å². The molecule has 0 radical (unpaired) electrons. The molecule has 0 aromatic carbocycles. The lowest BCUT2D eigenvalue weighted by Gasteiger charge is -2.55. The summed E-state index contributed by atoms with van der Waals surface area (Å²) in [5, 5.41) is 0. The molecule has 4 nitrogen and oxygen atoms in total. The smallest absolute Gasteiger partial charge is 0.229 e. The van der Waals surface area contributed by atoms with Crippen LogP contribution in [-0.2, 0) is 14.3 Å². The molecule has 19 heavy (non-hydrogen) atoms. The quantitative estimate of drug-likeness (QED) is 0.715. The Morgan fingerprint density at radius 3 is 2.37 bits per heavy atom. The minimum atomic E-state index is -0.193. The number of amides is 1. The summed E-state index contributed by atoms with van der Waals surface area (Å²) < 4.78 is 5.34. The van der Waals surface area contributed by atoms with Crippen molar-refractivity contribution in [3.63, 3.8) is 0 Å². The normalized spacial score (nSPS) is 44.7. The lowest BCUT2D eigenvalue weighted by molar-refractivity contribution is -0.166. The Kier molecular flexibility index (Phi) is 2.53. The molecule has 5 rings (SSSR count). The summed E-state index contributed by atoms with van der Waals surface area (Å²) >= 11 is 0. The van der Waals surface area contributed by atoms with Gasteiger partial charge in [0.25, 0.3) is 0 Å². The largest absolute Gasteiger partial charge is 0.378 e. The highest BCUT2D eigenvalue weighted by atomic mass is 16.5. The average molecular weight is 263 g/mol. The van der Waals surface area contributed by atoms with E-state index < -0.39 is 0 Å². The first-order valence-electron chi connectivity index (χ1n) is 7.59. The molecule has 0 aromatic rings. The number of hydrogen-bond donors (Lipinski definition) is 0. The predicted octanol–water partition coefficient (Wildman–Crippen LogP) is 1.24. The number of carbonyl (C=O) groups excluding carboxylic acids is 2. The summed E-state index contributed by atoms with van der Waals surface area (Å²) in [4.78, 5) is 27.1. The van der Waals surface area contributed by atoms with Crippen molar-refractivity contribution in [3.05, 3.63) is 0 Å². The number of Topliss-reactive ketones (excluding diaryl/α,β-unsaturated/α-hetero) is 1. The van der Waals surface area contributed by atoms with Gasteiger partial charge in [-0.2, -0.15) is 0 Å². The van der Waals surface area contributed by atoms with E-state index in [1.165, 1.54) is 0 Å². The third kappa shape index (κ3) is 1.69. The minimum Gasteiger partial charge on any atom is -0.378 e. The van der Waals surface area contributed by atoms with Crippen LogP contribution in [0.4, 0.5) is 0 Å². The Morgan fingerprint density at radius 2 is 1.74 bits per heavy atom. The summed E-state index contributed by atoms with van der Waals surface area (Å²) in [7, 11) is 0. The molecule has 0 N–H and O–H groups in total. The number of nitrogens with zero attached hydrogens (tertiary/aromatic N) is 1. The first-order chi connectivity index (χ1) is 9.18. The second-order valence-corrected chi connectivity index (χ2v) is 6.93. The van der Waals surface area contributed by atoms with E-state index in [1.54, 1.807) is 0 Å². The molecule has 2 atom stereocenters. The standard InChI is InChI=1S/C15H21NO3/c17-13-11-5-10-6-12(13)9-15(7-10,8-11)14(18)16-1-3-19-4-2-16/h10-12H,1-9H2. The number of rotatable bonds is 1. The first-order valence-corrected chi connectivity index (χ1v) is 7.59. The predicted molar refractivity (Wildman–Crippen MR) is 68.4 cm³/mol. The van der Waals surface area contributed by atoms with Gasteiger partial charge in [0.2, 0.25) is 5.91 Å². The van der Waals surface area contributed by atoms with Gasteiger partial charge in [-0.1, -0.05) is 0 Å². The molecule has 1 aliphatic heterocycles. The van der Waals surface area contributed by atoms with Gasteiger partial charge in [-0.15, -0.1) is 0 Å². The van der Waals surface area contributed by atoms with E-state index in [1.807, 2.05) is 4.90 Å². The van der Waals surface area contributed by atoms with Crippen LogP contribution in [0.2, 0.25) is 0 Å². The molecule has 4 aliphatic carbocycles. The van der Waals surface area contributed by atoms with E-state index in [9.17, 15) is 9.59 Å². The van der Waals surface area contributed by atoms with Crippen LogP contribution in [0.5, 0.6) is 0 Å². The Balaban J connectivity index is 1.60. The number of ether oxygens (including phenoxy) is 1. The van der Waals surface area contributed by atoms with Crippen molar-refractivity contribution in [2.45, 2.75) is 32.1 Å². The summed E-state index contributed by atoms with van der Waals surface area (Å²) in [6.45, 7) is 2.79. The van der Waals surface area contributed by atoms with Crippen LogP contribution in [0.25, 0.3) is 0 Å². The van der Waals surface area contributed by atoms with Crippen LogP contribution in [-0.4, -0.2) is 42.9 Å². The number of carbonyl (C=O) groups is 2. The monoisotopic (exact) mass is 263 g/mol. The van der Waals surface area contributed by atoms with Crippen molar-refractivity contribution in [2.24, 2.45) is 23.2 Å². The van der Waals surface area contributed by atoms with Gasteiger partial charge in [-0.05, 0) is 38.0 Å². The summed E-state index contributed by atoms with van der Waals surface area (Å²) in [6, 6.07) is 0. The molecular formula is C15H21NO3. The Hall–Kier alpha value is -0.900. The van der Waals surface area contributed by atoms with Crippen LogP contribution >= 0.6 is 0 Å². The topological polar surface area (TPSA) is 46.6 Å². The molecule has 5 fully saturated rings. The van der Waals surface area contributed by atoms with Gasteiger partial charge in [-0.25, -0.2) is 0 Å². The van der Waals surface area contributed by atoms with Crippen molar-refractivity contribution >= 4 is 11.7 Å². The summed E-state index contributed by atoms with van der Waals surface area (Å²) in [6.07, 6.45) is 4.79. The molecule has 5 aliphatic rings. The molecule has 104 valence electrons. The van der Waals surface area contributed by atoms with Gasteiger partial charge in [0.1, 0.15) is 5.78 Å². The fourth-order valence-electron chi connectivity index (χ4n) is 5.11. The zero-order valence-electron chi connectivity index (χ0n) is 11.3. The highest BCUT2D eigenvalue weighted by molar-refractivity contribution is 5.91. The summed E-state index contributed by atoms with van der Waals surface area (Å²) in [5.41, 5.74) is -0.193. The Bertz CT molecular complexity index is 409. The maximum atomic E-state index is 12.9. The highest BCUT2D eigenvalue weighted by Crippen LogP contribution is 2.59. The molecule has 4 bridgehead atoms. The molecular weight excluding hydrogens is 242 g/mol. The van der Waals surface area contributed by atoms with Gasteiger partial charge in [0, 0.05) is 24.9 Å². The average Bonchev–Trinajstić information content (AvgIpc) is 2.44. The second kappa shape index (κ2) is 4.05. The zero-order valence-corrected chi connectivity index (χ0v) is 11.3.